The number of para-hydroxylation sites is 10. The molecule has 546 valence electrons. The van der Waals surface area contributed by atoms with Crippen molar-refractivity contribution in [3.8, 4) is 0 Å². The number of rotatable bonds is 17. The average Bonchev–Trinajstić information content (AvgIpc) is 0.751. The van der Waals surface area contributed by atoms with Crippen molar-refractivity contribution in [2.24, 2.45) is 0 Å². The van der Waals surface area contributed by atoms with Gasteiger partial charge in [-0.05, 0) is 201 Å². The second-order valence-electron chi connectivity index (χ2n) is 30.7. The molecule has 0 aliphatic rings. The van der Waals surface area contributed by atoms with E-state index < -0.39 is 0 Å². The van der Waals surface area contributed by atoms with Gasteiger partial charge in [0.1, 0.15) is 22.3 Å². The first-order chi connectivity index (χ1) is 57.5. The maximum absolute atomic E-state index is 6.94. The van der Waals surface area contributed by atoms with Crippen LogP contribution in [0.3, 0.4) is 0 Å². The monoisotopic (exact) mass is 1490 g/mol. The molecule has 0 atom stereocenters. The van der Waals surface area contributed by atoms with Gasteiger partial charge in [0.15, 0.2) is 22.3 Å². The molecule has 4 aromatic heterocycles. The van der Waals surface area contributed by atoms with Gasteiger partial charge in [-0.2, -0.15) is 0 Å². The number of benzene rings is 20. The Hall–Kier alpha value is -15.1. The molecule has 20 aromatic carbocycles. The Labute approximate surface area is 666 Å². The molecule has 0 aliphatic heterocycles. The molecule has 0 saturated carbocycles. The van der Waals surface area contributed by atoms with Crippen LogP contribution in [-0.4, -0.2) is 0 Å². The van der Waals surface area contributed by atoms with Crippen LogP contribution in [0.4, 0.5) is 68.2 Å². The minimum absolute atomic E-state index is 0.844. The molecular formula is C108H70N4O4. The first kappa shape index (κ1) is 65.6. The second-order valence-corrected chi connectivity index (χ2v) is 30.7. The van der Waals surface area contributed by atoms with Crippen LogP contribution in [0.15, 0.2) is 394 Å². The zero-order valence-electron chi connectivity index (χ0n) is 63.0. The van der Waals surface area contributed by atoms with Gasteiger partial charge in [0.05, 0.1) is 45.5 Å². The Morgan fingerprint density at radius 1 is 0.164 bits per heavy atom. The van der Waals surface area contributed by atoms with Gasteiger partial charge in [-0.1, -0.05) is 255 Å². The summed E-state index contributed by atoms with van der Waals surface area (Å²) in [6, 6.07) is 136. The molecule has 0 aliphatic carbocycles. The highest BCUT2D eigenvalue weighted by molar-refractivity contribution is 6.31. The molecule has 0 radical (unpaired) electrons. The predicted molar refractivity (Wildman–Crippen MR) is 485 cm³/mol. The zero-order chi connectivity index (χ0) is 76.1. The maximum Gasteiger partial charge on any atom is 0.159 e. The summed E-state index contributed by atoms with van der Waals surface area (Å²) in [5.41, 5.74) is 21.8. The van der Waals surface area contributed by atoms with E-state index in [0.717, 1.165) is 203 Å². The van der Waals surface area contributed by atoms with Crippen LogP contribution < -0.4 is 19.6 Å². The lowest BCUT2D eigenvalue weighted by Gasteiger charge is -2.29. The molecule has 0 fully saturated rings. The molecular weight excluding hydrogens is 1420 g/mol. The summed E-state index contributed by atoms with van der Waals surface area (Å²) in [5.74, 6) is 0. The fourth-order valence-electron chi connectivity index (χ4n) is 19.0. The summed E-state index contributed by atoms with van der Waals surface area (Å²) >= 11 is 0. The molecule has 0 spiro atoms. The van der Waals surface area contributed by atoms with Gasteiger partial charge in [0, 0.05) is 87.4 Å². The van der Waals surface area contributed by atoms with Crippen molar-refractivity contribution in [3.63, 3.8) is 0 Å². The molecule has 0 N–H and O–H groups in total. The van der Waals surface area contributed by atoms with Gasteiger partial charge >= 0.3 is 0 Å². The molecule has 0 amide bonds. The molecule has 4 heterocycles. The smallest absolute Gasteiger partial charge is 0.159 e. The lowest BCUT2D eigenvalue weighted by atomic mass is 9.91. The summed E-state index contributed by atoms with van der Waals surface area (Å²) in [5, 5.41) is 22.8. The normalized spacial score (nSPS) is 12.1. The van der Waals surface area contributed by atoms with Crippen molar-refractivity contribution < 1.29 is 17.7 Å². The fourth-order valence-corrected chi connectivity index (χ4v) is 19.0. The SMILES string of the molecule is c1ccc(N(c2ccc3ccc4c(N(c5ccc(CCCCc6ccc(N(c7ccc8ccc9c(N(c%10ccccc%10)c%10cccc%11c%10oc%10ccccc%10%11)ccc%10ccc7c8c%109)c7cccc8c7oc7ccccc78)cc6)cc5)c5cccc6c5oc5ccccc56)ccc5ccc2c3c54)c2cccc3c2oc2ccccc23)cc1. The predicted octanol–water partition coefficient (Wildman–Crippen LogP) is 31.5. The molecule has 0 unspecified atom stereocenters. The largest absolute Gasteiger partial charge is 0.454 e. The summed E-state index contributed by atoms with van der Waals surface area (Å²) < 4.78 is 27.5. The first-order valence-electron chi connectivity index (χ1n) is 40.1. The van der Waals surface area contributed by atoms with Crippen molar-refractivity contribution >= 4 is 221 Å². The highest BCUT2D eigenvalue weighted by atomic mass is 16.3. The molecule has 0 saturated heterocycles. The van der Waals surface area contributed by atoms with Crippen molar-refractivity contribution in [2.75, 3.05) is 19.6 Å². The number of furan rings is 4. The standard InChI is InChI=1S/C108H70N4O4/c1-3-23-73(24-4-1)109(93-35-17-31-81-77-27-9-13-39-97(77)113-105(81)93)89-63-51-69-49-61-87-91(65-53-71-47-59-85(89)101(69)103(71)87)111(95-37-19-33-83-79-29-11-15-41-99(79)115-107(83)95)75-55-43-67(44-56-75)21-7-8-22-68-45-57-76(58-46-68)112(96-38-20-34-84-80-30-12-16-42-100(80)116-108(84)96)92-66-54-72-48-60-86-90(64-52-70-50-62-88(92)104(72)102(70)86)110(74-25-5-2-6-26-74)94-36-18-32-82-78-28-10-14-40-98(78)114-106(82)94/h1-6,9-20,23-66H,7-8,21-22H2. The van der Waals surface area contributed by atoms with Gasteiger partial charge < -0.3 is 37.3 Å². The van der Waals surface area contributed by atoms with Crippen molar-refractivity contribution in [3.05, 3.63) is 387 Å². The highest BCUT2D eigenvalue weighted by Gasteiger charge is 2.30. The highest BCUT2D eigenvalue weighted by Crippen LogP contribution is 2.54. The maximum atomic E-state index is 6.94. The fraction of sp³-hybridized carbons (Fsp3) is 0.0370. The number of anilines is 12. The van der Waals surface area contributed by atoms with E-state index >= 15 is 0 Å². The van der Waals surface area contributed by atoms with E-state index in [-0.39, 0.29) is 0 Å². The molecule has 8 heteroatoms. The van der Waals surface area contributed by atoms with Gasteiger partial charge in [0.25, 0.3) is 0 Å². The lowest BCUT2D eigenvalue weighted by Crippen LogP contribution is -2.12. The van der Waals surface area contributed by atoms with Gasteiger partial charge in [0.2, 0.25) is 0 Å². The average molecular weight is 1490 g/mol. The Bertz CT molecular complexity index is 7520. The van der Waals surface area contributed by atoms with Crippen LogP contribution in [0.5, 0.6) is 0 Å². The third kappa shape index (κ3) is 10.3. The molecule has 116 heavy (non-hydrogen) atoms. The Morgan fingerprint density at radius 2 is 0.397 bits per heavy atom. The Morgan fingerprint density at radius 3 is 0.672 bits per heavy atom. The number of aryl methyl sites for hydroxylation is 2. The number of nitrogens with zero attached hydrogens (tertiary/aromatic N) is 4. The first-order valence-corrected chi connectivity index (χ1v) is 40.1. The summed E-state index contributed by atoms with van der Waals surface area (Å²) in [6.45, 7) is 0. The van der Waals surface area contributed by atoms with E-state index in [0.29, 0.717) is 0 Å². The molecule has 8 nitrogen and oxygen atoms in total. The van der Waals surface area contributed by atoms with Crippen LogP contribution in [0.1, 0.15) is 24.0 Å². The number of hydrogen-bond donors (Lipinski definition) is 0. The van der Waals surface area contributed by atoms with Crippen LogP contribution in [0.25, 0.3) is 152 Å². The van der Waals surface area contributed by atoms with E-state index in [4.69, 9.17) is 17.7 Å². The topological polar surface area (TPSA) is 65.5 Å². The second kappa shape index (κ2) is 26.2. The van der Waals surface area contributed by atoms with E-state index in [1.54, 1.807) is 0 Å². The minimum Gasteiger partial charge on any atom is -0.454 e. The van der Waals surface area contributed by atoms with Crippen LogP contribution in [-0.2, 0) is 12.8 Å². The van der Waals surface area contributed by atoms with Crippen molar-refractivity contribution in [2.45, 2.75) is 25.7 Å². The summed E-state index contributed by atoms with van der Waals surface area (Å²) in [7, 11) is 0. The van der Waals surface area contributed by atoms with E-state index in [1.165, 1.54) is 54.2 Å². The van der Waals surface area contributed by atoms with E-state index in [2.05, 4.69) is 384 Å². The van der Waals surface area contributed by atoms with Crippen LogP contribution >= 0.6 is 0 Å². The Balaban J connectivity index is 0.561. The van der Waals surface area contributed by atoms with Crippen LogP contribution in [0.2, 0.25) is 0 Å². The van der Waals surface area contributed by atoms with Gasteiger partial charge in [-0.3, -0.25) is 0 Å². The summed E-state index contributed by atoms with van der Waals surface area (Å²) in [4.78, 5) is 9.60. The lowest BCUT2D eigenvalue weighted by molar-refractivity contribution is 0.668. The van der Waals surface area contributed by atoms with Gasteiger partial charge in [-0.15, -0.1) is 0 Å². The third-order valence-electron chi connectivity index (χ3n) is 24.3. The van der Waals surface area contributed by atoms with E-state index in [9.17, 15) is 0 Å². The summed E-state index contributed by atoms with van der Waals surface area (Å²) in [6.07, 6.45) is 3.93. The van der Waals surface area contributed by atoms with Gasteiger partial charge in [-0.25, -0.2) is 0 Å². The number of unbranched alkanes of at least 4 members (excludes halogenated alkanes) is 1. The number of hydrogen-bond acceptors (Lipinski definition) is 8. The Kier molecular flexibility index (Phi) is 14.8. The van der Waals surface area contributed by atoms with Crippen molar-refractivity contribution in [1.29, 1.82) is 0 Å². The third-order valence-corrected chi connectivity index (χ3v) is 24.3. The molecule has 24 aromatic rings. The quantitative estimate of drug-likeness (QED) is 0.0660. The van der Waals surface area contributed by atoms with Crippen LogP contribution in [0, 0.1) is 0 Å². The number of fused-ring (bicyclic) bond motifs is 12. The van der Waals surface area contributed by atoms with Crippen molar-refractivity contribution in [1.82, 2.24) is 0 Å². The molecule has 24 rings (SSSR count). The molecule has 0 bridgehead atoms. The van der Waals surface area contributed by atoms with E-state index in [1.807, 2.05) is 12.1 Å². The zero-order valence-corrected chi connectivity index (χ0v) is 63.0. The minimum atomic E-state index is 0.844.